The van der Waals surface area contributed by atoms with E-state index in [1.54, 1.807) is 0 Å². The number of pyridine rings is 1. The van der Waals surface area contributed by atoms with Gasteiger partial charge in [-0.1, -0.05) is 39.0 Å². The van der Waals surface area contributed by atoms with Gasteiger partial charge in [-0.25, -0.2) is 4.39 Å². The lowest BCUT2D eigenvalue weighted by Gasteiger charge is -2.30. The molecule has 0 saturated heterocycles. The van der Waals surface area contributed by atoms with Crippen LogP contribution in [0.1, 0.15) is 44.0 Å². The van der Waals surface area contributed by atoms with Crippen LogP contribution in [0.25, 0.3) is 5.57 Å². The van der Waals surface area contributed by atoms with Crippen molar-refractivity contribution in [1.29, 1.82) is 0 Å². The molecule has 1 aromatic heterocycles. The zero-order valence-corrected chi connectivity index (χ0v) is 18.6. The van der Waals surface area contributed by atoms with Crippen molar-refractivity contribution in [3.05, 3.63) is 65.2 Å². The van der Waals surface area contributed by atoms with Crippen LogP contribution in [0.3, 0.4) is 0 Å². The van der Waals surface area contributed by atoms with E-state index in [0.717, 1.165) is 18.7 Å². The molecule has 1 aliphatic heterocycles. The van der Waals surface area contributed by atoms with E-state index in [0.29, 0.717) is 24.4 Å². The largest absolute Gasteiger partial charge is 0.412 e. The van der Waals surface area contributed by atoms with Crippen molar-refractivity contribution in [3.63, 3.8) is 0 Å². The quantitative estimate of drug-likeness (QED) is 0.600. The lowest BCUT2D eigenvalue weighted by Crippen LogP contribution is -2.29. The minimum atomic E-state index is -0.992. The van der Waals surface area contributed by atoms with Gasteiger partial charge >= 0.3 is 0 Å². The Morgan fingerprint density at radius 2 is 2.04 bits per heavy atom. The van der Waals surface area contributed by atoms with Gasteiger partial charge in [0, 0.05) is 30.5 Å². The van der Waals surface area contributed by atoms with Gasteiger partial charge < -0.3 is 9.33 Å². The van der Waals surface area contributed by atoms with Crippen molar-refractivity contribution >= 4 is 20.3 Å². The van der Waals surface area contributed by atoms with Crippen molar-refractivity contribution in [1.82, 2.24) is 4.98 Å². The third kappa shape index (κ3) is 4.89. The van der Waals surface area contributed by atoms with Gasteiger partial charge in [0.1, 0.15) is 0 Å². The first-order valence-corrected chi connectivity index (χ1v) is 11.8. The smallest absolute Gasteiger partial charge is 0.214 e. The highest BCUT2D eigenvalue weighted by atomic mass is 28.3. The van der Waals surface area contributed by atoms with Gasteiger partial charge in [0.25, 0.3) is 0 Å². The van der Waals surface area contributed by atoms with Gasteiger partial charge in [0.2, 0.25) is 9.04 Å². The van der Waals surface area contributed by atoms with Crippen LogP contribution in [0.2, 0.25) is 11.6 Å². The zero-order valence-electron chi connectivity index (χ0n) is 17.6. The second-order valence-corrected chi connectivity index (χ2v) is 11.4. The average molecular weight is 398 g/mol. The fourth-order valence-electron chi connectivity index (χ4n) is 3.22. The molecule has 1 aliphatic rings. The summed E-state index contributed by atoms with van der Waals surface area (Å²) in [7, 11) is -0.992. The van der Waals surface area contributed by atoms with Crippen molar-refractivity contribution < 1.29 is 8.82 Å². The van der Waals surface area contributed by atoms with Crippen molar-refractivity contribution in [2.45, 2.75) is 52.3 Å². The Kier molecular flexibility index (Phi) is 6.35. The van der Waals surface area contributed by atoms with E-state index >= 15 is 4.39 Å². The number of halogens is 1. The Labute approximate surface area is 170 Å². The second kappa shape index (κ2) is 8.58. The van der Waals surface area contributed by atoms with Crippen LogP contribution in [-0.4, -0.2) is 27.1 Å². The molecule has 28 heavy (non-hydrogen) atoms. The molecule has 0 spiro atoms. The Morgan fingerprint density at radius 3 is 2.68 bits per heavy atom. The van der Waals surface area contributed by atoms with E-state index in [4.69, 9.17) is 4.43 Å². The Balaban J connectivity index is 1.71. The molecule has 1 radical (unpaired) electrons. The Bertz CT molecular complexity index is 860. The SMILES string of the molecule is Cc1cc(C2=CCN(c3cccc(CO[Si](C)C(C)(C)C)c3F)CC2)ccn1. The average Bonchev–Trinajstić information content (AvgIpc) is 2.66. The number of aryl methyl sites for hydroxylation is 1. The summed E-state index contributed by atoms with van der Waals surface area (Å²) in [6, 6.07) is 9.80. The Morgan fingerprint density at radius 1 is 1.25 bits per heavy atom. The summed E-state index contributed by atoms with van der Waals surface area (Å²) in [6.45, 7) is 12.5. The standard InChI is InChI=1S/C23H30FN2OSi/c1-17-15-19(9-12-25-17)18-10-13-26(14-11-18)21-8-6-7-20(22(21)24)16-27-28(5)23(2,3)4/h6-10,12,15H,11,13-14,16H2,1-5H3. The zero-order chi connectivity index (χ0) is 20.3. The monoisotopic (exact) mass is 397 g/mol. The number of aromatic nitrogens is 1. The first-order chi connectivity index (χ1) is 13.3. The summed E-state index contributed by atoms with van der Waals surface area (Å²) in [6.07, 6.45) is 4.95. The maximum Gasteiger partial charge on any atom is 0.214 e. The third-order valence-electron chi connectivity index (χ3n) is 5.38. The van der Waals surface area contributed by atoms with E-state index in [1.807, 2.05) is 37.4 Å². The molecule has 0 atom stereocenters. The van der Waals surface area contributed by atoms with Crippen LogP contribution in [0, 0.1) is 12.7 Å². The molecule has 0 fully saturated rings. The van der Waals surface area contributed by atoms with Gasteiger partial charge in [-0.05, 0) is 54.3 Å². The van der Waals surface area contributed by atoms with Crippen molar-refractivity contribution in [2.75, 3.05) is 18.0 Å². The van der Waals surface area contributed by atoms with Gasteiger partial charge in [-0.3, -0.25) is 4.98 Å². The van der Waals surface area contributed by atoms with Crippen LogP contribution in [0.5, 0.6) is 0 Å². The van der Waals surface area contributed by atoms with Gasteiger partial charge in [-0.15, -0.1) is 0 Å². The molecular weight excluding hydrogens is 367 g/mol. The summed E-state index contributed by atoms with van der Waals surface area (Å²) in [4.78, 5) is 6.38. The summed E-state index contributed by atoms with van der Waals surface area (Å²) < 4.78 is 21.2. The predicted octanol–water partition coefficient (Wildman–Crippen LogP) is 5.76. The molecular formula is C23H30FN2OSi. The van der Waals surface area contributed by atoms with Gasteiger partial charge in [-0.2, -0.15) is 0 Å². The minimum Gasteiger partial charge on any atom is -0.412 e. The molecule has 1 aromatic carbocycles. The fraction of sp³-hybridized carbons (Fsp3) is 0.435. The molecule has 0 N–H and O–H groups in total. The van der Waals surface area contributed by atoms with Gasteiger partial charge in [0.15, 0.2) is 5.82 Å². The highest BCUT2D eigenvalue weighted by Gasteiger charge is 2.25. The molecule has 2 heterocycles. The number of hydrogen-bond donors (Lipinski definition) is 0. The molecule has 0 saturated carbocycles. The van der Waals surface area contributed by atoms with Crippen molar-refractivity contribution in [3.8, 4) is 0 Å². The van der Waals surface area contributed by atoms with E-state index < -0.39 is 9.04 Å². The minimum absolute atomic E-state index is 0.137. The van der Waals surface area contributed by atoms with E-state index in [1.165, 1.54) is 11.1 Å². The molecule has 0 bridgehead atoms. The van der Waals surface area contributed by atoms with Crippen molar-refractivity contribution in [2.24, 2.45) is 0 Å². The molecule has 2 aromatic rings. The summed E-state index contributed by atoms with van der Waals surface area (Å²) in [5.74, 6) is -0.150. The van der Waals surface area contributed by atoms with Crippen LogP contribution < -0.4 is 4.90 Å². The lowest BCUT2D eigenvalue weighted by atomic mass is 9.99. The number of benzene rings is 1. The summed E-state index contributed by atoms with van der Waals surface area (Å²) >= 11 is 0. The first-order valence-electron chi connectivity index (χ1n) is 9.87. The highest BCUT2D eigenvalue weighted by molar-refractivity contribution is 6.53. The molecule has 5 heteroatoms. The van der Waals surface area contributed by atoms with Crippen LogP contribution >= 0.6 is 0 Å². The second-order valence-electron chi connectivity index (χ2n) is 8.46. The topological polar surface area (TPSA) is 25.4 Å². The maximum atomic E-state index is 15.1. The number of rotatable bonds is 5. The summed E-state index contributed by atoms with van der Waals surface area (Å²) in [5, 5.41) is 0.137. The molecule has 0 aliphatic carbocycles. The predicted molar refractivity (Wildman–Crippen MR) is 116 cm³/mol. The molecule has 3 nitrogen and oxygen atoms in total. The maximum absolute atomic E-state index is 15.1. The molecule has 0 unspecified atom stereocenters. The molecule has 3 rings (SSSR count). The van der Waals surface area contributed by atoms with Crippen LogP contribution in [0.4, 0.5) is 10.1 Å². The highest BCUT2D eigenvalue weighted by Crippen LogP contribution is 2.31. The van der Waals surface area contributed by atoms with Crippen LogP contribution in [-0.2, 0) is 11.0 Å². The normalized spacial score (nSPS) is 15.1. The third-order valence-corrected chi connectivity index (χ3v) is 8.07. The van der Waals surface area contributed by atoms with E-state index in [-0.39, 0.29) is 10.9 Å². The first kappa shape index (κ1) is 20.7. The van der Waals surface area contributed by atoms with E-state index in [9.17, 15) is 0 Å². The van der Waals surface area contributed by atoms with Crippen LogP contribution in [0.15, 0.2) is 42.6 Å². The molecule has 149 valence electrons. The number of nitrogens with zero attached hydrogens (tertiary/aromatic N) is 2. The fourth-order valence-corrected chi connectivity index (χ4v) is 4.02. The number of hydrogen-bond acceptors (Lipinski definition) is 3. The van der Waals surface area contributed by atoms with Gasteiger partial charge in [0.05, 0.1) is 12.3 Å². The lowest BCUT2D eigenvalue weighted by molar-refractivity contribution is 0.288. The summed E-state index contributed by atoms with van der Waals surface area (Å²) in [5.41, 5.74) is 4.86. The molecule has 0 amide bonds. The Hall–Kier alpha value is -1.98. The number of anilines is 1. The van der Waals surface area contributed by atoms with E-state index in [2.05, 4.69) is 49.3 Å².